The van der Waals surface area contributed by atoms with Crippen LogP contribution in [0.5, 0.6) is 0 Å². The first-order valence-electron chi connectivity index (χ1n) is 49.5. The van der Waals surface area contributed by atoms with Crippen molar-refractivity contribution in [2.75, 3.05) is 78.3 Å². The van der Waals surface area contributed by atoms with Crippen molar-refractivity contribution >= 4 is 129 Å². The number of carbonyl (C=O) groups excluding carboxylic acids is 17. The van der Waals surface area contributed by atoms with Gasteiger partial charge in [-0.3, -0.25) is 81.5 Å². The van der Waals surface area contributed by atoms with Crippen molar-refractivity contribution in [1.82, 2.24) is 100 Å². The van der Waals surface area contributed by atoms with Crippen molar-refractivity contribution in [3.63, 3.8) is 0 Å². The summed E-state index contributed by atoms with van der Waals surface area (Å²) in [5, 5.41) is 84.6. The summed E-state index contributed by atoms with van der Waals surface area (Å²) in [4.78, 5) is 259. The molecule has 0 bridgehead atoms. The molecule has 0 unspecified atom stereocenters. The molecule has 2 aliphatic rings. The first-order valence-corrected chi connectivity index (χ1v) is 50.5. The second kappa shape index (κ2) is 64.0. The van der Waals surface area contributed by atoms with Crippen LogP contribution in [0.25, 0.3) is 10.9 Å². The molecule has 4 heterocycles. The van der Waals surface area contributed by atoms with Gasteiger partial charge < -0.3 is 152 Å². The summed E-state index contributed by atoms with van der Waals surface area (Å²) in [5.41, 5.74) is 18.9. The number of rotatable bonds is 71. The Balaban J connectivity index is 0.992. The highest BCUT2D eigenvalue weighted by molar-refractivity contribution is 8.00. The van der Waals surface area contributed by atoms with Crippen LogP contribution >= 0.6 is 11.8 Å². The van der Waals surface area contributed by atoms with Crippen LogP contribution in [-0.2, 0) is 126 Å². The Labute approximate surface area is 856 Å². The molecule has 48 nitrogen and oxygen atoms in total. The van der Waals surface area contributed by atoms with E-state index in [4.69, 9.17) is 36.1 Å². The highest BCUT2D eigenvalue weighted by Crippen LogP contribution is 2.33. The van der Waals surface area contributed by atoms with Crippen LogP contribution in [0.15, 0.2) is 104 Å². The van der Waals surface area contributed by atoms with Gasteiger partial charge in [0.25, 0.3) is 0 Å². The smallest absolute Gasteiger partial charge is 0.315 e. The van der Waals surface area contributed by atoms with E-state index in [-0.39, 0.29) is 120 Å². The number of para-hydroxylation sites is 1. The predicted octanol–water partition coefficient (Wildman–Crippen LogP) is -3.63. The summed E-state index contributed by atoms with van der Waals surface area (Å²) in [7, 11) is 0. The van der Waals surface area contributed by atoms with Gasteiger partial charge in [0.15, 0.2) is 0 Å². The molecule has 2 aliphatic heterocycles. The maximum Gasteiger partial charge on any atom is 0.315 e. The lowest BCUT2D eigenvalue weighted by atomic mass is 10.0. The number of ether oxygens (including phenoxy) is 4. The number of hydrogen-bond donors (Lipinski definition) is 25. The average molecular weight is 2080 g/mol. The number of carboxylic acid groups (broad SMARTS) is 1. The molecule has 7 rings (SSSR count). The fraction of sp³-hybridized carbons (Fsp3) is 0.582. The highest BCUT2D eigenvalue weighted by atomic mass is 32.2. The molecule has 18 atom stereocenters. The van der Waals surface area contributed by atoms with Gasteiger partial charge in [-0.15, -0.1) is 0 Å². The number of benzene rings is 3. The Morgan fingerprint density at radius 1 is 0.449 bits per heavy atom. The number of hydrogen-bond acceptors (Lipinski definition) is 28. The Morgan fingerprint density at radius 2 is 0.912 bits per heavy atom. The molecule has 3 aromatic carbocycles. The van der Waals surface area contributed by atoms with Crippen molar-refractivity contribution in [2.24, 2.45) is 29.0 Å². The second-order valence-electron chi connectivity index (χ2n) is 37.0. The van der Waals surface area contributed by atoms with Gasteiger partial charge in [0.05, 0.1) is 95.8 Å². The standard InChI is InChI=1S/C98H146N22O26S/c1-55(2)44-69(107-80(126)33-36-143-38-40-145-42-43-146-41-39-144-37-35-103-79(125)28-17-16-27-77-84-76(53-147-77)117-98(142)120-84)93(137)118-82(58(6)122)96(140)115-72(47-61-22-12-9-13-23-61)90(134)110-67(29-31-78(100)124)87(131)114-74(49-63-51-102-54-105-63)92(136)112-71(46-60-20-10-8-11-21-60)91(135)113-73(48-62-50-104-65-25-15-14-24-64(62)65)89(133)106-57(5)86(130)109-68(30-32-81(127)128)88(132)111-70(45-56(3)4)94(138)119-83(59(7)123)97(141)116-75(52-121)95(139)108-66(85(101)129)26-18-19-34-99/h8-15,20-25,50-51,54-59,66-77,82-84,104,121-123H,16-19,26-49,52-53,99H2,1-7H3,(H2,100,124)(H2,101,129)(H,102,105)(H,103,125)(H,106,133)(H,107,126)(H,108,139)(H,109,130)(H,110,134)(H,111,132)(H,112,136)(H,113,135)(H,114,131)(H,115,140)(H,116,141)(H,118,137)(H,119,138)(H,127,128)(H2,117,120,142)/t57-,58+,59+,66-,67-,68-,69-,70-,71-,72-,73-,74-,75-,76-,77-,82-,83-,84-/m0/s1. The summed E-state index contributed by atoms with van der Waals surface area (Å²) in [5.74, 6) is -16.3. The first kappa shape index (κ1) is 121. The number of nitrogens with one attached hydrogen (secondary N) is 18. The number of H-pyrrole nitrogens is 2. The lowest BCUT2D eigenvalue weighted by Gasteiger charge is -2.29. The van der Waals surface area contributed by atoms with E-state index in [9.17, 15) is 87.5 Å². The van der Waals surface area contributed by atoms with Crippen molar-refractivity contribution in [3.8, 4) is 0 Å². The van der Waals surface area contributed by atoms with E-state index in [0.717, 1.165) is 31.9 Å². The number of amides is 18. The molecule has 28 N–H and O–H groups in total. The number of unbranched alkanes of at least 4 members (excludes halogenated alkanes) is 2. The van der Waals surface area contributed by atoms with E-state index >= 15 is 19.2 Å². The fourth-order valence-corrected chi connectivity index (χ4v) is 17.7. The topological polar surface area (TPSA) is 740 Å². The number of primary amides is 2. The Morgan fingerprint density at radius 3 is 1.44 bits per heavy atom. The van der Waals surface area contributed by atoms with Crippen LogP contribution in [0.4, 0.5) is 4.79 Å². The van der Waals surface area contributed by atoms with Crippen LogP contribution in [0.1, 0.15) is 161 Å². The van der Waals surface area contributed by atoms with Gasteiger partial charge in [-0.1, -0.05) is 113 Å². The predicted molar refractivity (Wildman–Crippen MR) is 537 cm³/mol. The number of urea groups is 1. The number of imidazole rings is 1. The number of nitrogens with two attached hydrogens (primary N) is 3. The molecule has 2 fully saturated rings. The van der Waals surface area contributed by atoms with Crippen molar-refractivity contribution in [1.29, 1.82) is 0 Å². The maximum absolute atomic E-state index is 15.4. The molecule has 0 saturated carbocycles. The van der Waals surface area contributed by atoms with Gasteiger partial charge in [0, 0.05) is 92.2 Å². The summed E-state index contributed by atoms with van der Waals surface area (Å²) in [6, 6.07) is 2.40. The van der Waals surface area contributed by atoms with E-state index in [1.165, 1.54) is 26.4 Å². The largest absolute Gasteiger partial charge is 0.481 e. The average Bonchev–Trinajstić information content (AvgIpc) is 1.75. The molecule has 0 aliphatic carbocycles. The van der Waals surface area contributed by atoms with E-state index in [0.29, 0.717) is 78.5 Å². The number of aliphatic hydroxyl groups is 3. The normalized spacial score (nSPS) is 16.7. The number of aliphatic hydroxyl groups excluding tert-OH is 3. The molecule has 0 spiro atoms. The third-order valence-corrected chi connectivity index (χ3v) is 25.5. The van der Waals surface area contributed by atoms with Crippen LogP contribution in [0.2, 0.25) is 0 Å². The number of fused-ring (bicyclic) bond motifs is 2. The summed E-state index contributed by atoms with van der Waals surface area (Å²) < 4.78 is 22.3. The fourth-order valence-electron chi connectivity index (χ4n) is 16.1. The zero-order valence-electron chi connectivity index (χ0n) is 83.9. The summed E-state index contributed by atoms with van der Waals surface area (Å²) >= 11 is 1.85. The van der Waals surface area contributed by atoms with E-state index in [1.54, 1.807) is 119 Å². The van der Waals surface area contributed by atoms with E-state index in [1.807, 2.05) is 11.8 Å². The molecule has 49 heteroatoms. The number of aromatic amines is 2. The minimum absolute atomic E-state index is 0.0505. The van der Waals surface area contributed by atoms with Crippen LogP contribution in [-0.4, -0.2) is 328 Å². The molecule has 2 saturated heterocycles. The molecule has 18 amide bonds. The van der Waals surface area contributed by atoms with Crippen molar-refractivity contribution in [2.45, 2.75) is 272 Å². The second-order valence-corrected chi connectivity index (χ2v) is 38.3. The van der Waals surface area contributed by atoms with E-state index in [2.05, 4.69) is 100 Å². The number of aromatic nitrogens is 3. The Kier molecular flexibility index (Phi) is 52.5. The monoisotopic (exact) mass is 2080 g/mol. The first-order chi connectivity index (χ1) is 70.2. The molecule has 2 aromatic heterocycles. The molecule has 5 aromatic rings. The molecule has 810 valence electrons. The molecule has 147 heavy (non-hydrogen) atoms. The van der Waals surface area contributed by atoms with Gasteiger partial charge >= 0.3 is 12.0 Å². The van der Waals surface area contributed by atoms with E-state index < -0.39 is 230 Å². The third-order valence-electron chi connectivity index (χ3n) is 24.0. The quantitative estimate of drug-likeness (QED) is 0.0132. The number of aliphatic carboxylic acids is 1. The molecule has 0 radical (unpaired) electrons. The van der Waals surface area contributed by atoms with Gasteiger partial charge in [-0.2, -0.15) is 11.8 Å². The van der Waals surface area contributed by atoms with Gasteiger partial charge in [0.1, 0.15) is 78.5 Å². The lowest BCUT2D eigenvalue weighted by molar-refractivity contribution is -0.139. The van der Waals surface area contributed by atoms with Crippen molar-refractivity contribution in [3.05, 3.63) is 126 Å². The number of carboxylic acids is 1. The van der Waals surface area contributed by atoms with Gasteiger partial charge in [0.2, 0.25) is 94.5 Å². The number of nitrogens with zero attached hydrogens (tertiary/aromatic N) is 1. The highest BCUT2D eigenvalue weighted by Gasteiger charge is 2.44. The van der Waals surface area contributed by atoms with Gasteiger partial charge in [-0.25, -0.2) is 9.78 Å². The maximum atomic E-state index is 15.4. The summed E-state index contributed by atoms with van der Waals surface area (Å²) in [6.45, 7) is 11.7. The van der Waals surface area contributed by atoms with Gasteiger partial charge in [-0.05, 0) is 120 Å². The number of thioether (sulfide) groups is 1. The Hall–Kier alpha value is -13.3. The van der Waals surface area contributed by atoms with Crippen molar-refractivity contribution < 1.29 is 126 Å². The van der Waals surface area contributed by atoms with Crippen LogP contribution < -0.4 is 102 Å². The minimum Gasteiger partial charge on any atom is -0.481 e. The summed E-state index contributed by atoms with van der Waals surface area (Å²) in [6.07, 6.45) is 0.814. The van der Waals surface area contributed by atoms with Crippen LogP contribution in [0.3, 0.4) is 0 Å². The third kappa shape index (κ3) is 43.3. The molecular formula is C98H146N22O26S. The zero-order chi connectivity index (χ0) is 108. The van der Waals surface area contributed by atoms with Crippen LogP contribution in [0, 0.1) is 11.8 Å². The SMILES string of the molecule is CC(C)C[C@H](NC(=O)CCOCCOCCOCCOCCNC(=O)CCCC[C@@H]1SC[C@@H]2NC(=O)N[C@@H]21)C(=O)N[C@H](C(=O)N[C@@H](Cc1ccccc1)C(=O)N[C@@H](CCC(N)=O)C(=O)N[C@@H](Cc1c[nH]cn1)C(=O)N[C@@H](Cc1ccccc1)C(=O)N[C@@H](Cc1c[nH]c2ccccc12)C(=O)N[C@@H](C)C(=O)N[C@@H](CCC(=O)O)C(=O)N[C@@H](CC(C)C)C(=O)N[C@H](C(=O)N[C@@H](CO)C(=O)N[C@@H](CCCCN)C(N)=O)[C@@H](C)O)[C@@H](C)O. The Bertz CT molecular complexity index is 5100. The minimum atomic E-state index is -1.87. The molecular weight excluding hydrogens is 1930 g/mol. The zero-order valence-corrected chi connectivity index (χ0v) is 84.7. The number of carbonyl (C=O) groups is 18. The lowest BCUT2D eigenvalue weighted by Crippen LogP contribution is -2.62.